The van der Waals surface area contributed by atoms with Gasteiger partial charge in [-0.3, -0.25) is 9.69 Å². The van der Waals surface area contributed by atoms with Gasteiger partial charge in [0, 0.05) is 11.9 Å². The van der Waals surface area contributed by atoms with Crippen molar-refractivity contribution in [2.75, 3.05) is 25.0 Å². The van der Waals surface area contributed by atoms with Gasteiger partial charge in [0.25, 0.3) is 0 Å². The van der Waals surface area contributed by atoms with Gasteiger partial charge in [-0.1, -0.05) is 46.3 Å². The van der Waals surface area contributed by atoms with E-state index in [0.717, 1.165) is 44.2 Å². The number of ether oxygens (including phenoxy) is 1. The number of carbonyl (C=O) groups excluding carboxylic acids is 1. The highest BCUT2D eigenvalue weighted by atomic mass is 79.9. The number of esters is 1. The molecule has 1 fully saturated rings. The van der Waals surface area contributed by atoms with Gasteiger partial charge >= 0.3 is 5.97 Å². The van der Waals surface area contributed by atoms with Crippen LogP contribution in [0.1, 0.15) is 31.7 Å². The van der Waals surface area contributed by atoms with Gasteiger partial charge in [-0.2, -0.15) is 0 Å². The van der Waals surface area contributed by atoms with E-state index < -0.39 is 0 Å². The van der Waals surface area contributed by atoms with Crippen LogP contribution in [-0.2, 0) is 16.1 Å². The molecule has 1 aromatic rings. The van der Waals surface area contributed by atoms with Gasteiger partial charge in [-0.25, -0.2) is 0 Å². The van der Waals surface area contributed by atoms with Crippen LogP contribution >= 0.6 is 15.9 Å². The van der Waals surface area contributed by atoms with Crippen LogP contribution in [0.4, 0.5) is 0 Å². The molecule has 0 aromatic heterocycles. The molecule has 0 bridgehead atoms. The number of nitrogens with zero attached hydrogens (tertiary/aromatic N) is 1. The molecule has 1 unspecified atom stereocenters. The summed E-state index contributed by atoms with van der Waals surface area (Å²) in [5.41, 5.74) is 1.36. The Morgan fingerprint density at radius 2 is 2.00 bits per heavy atom. The van der Waals surface area contributed by atoms with E-state index in [0.29, 0.717) is 12.5 Å². The number of rotatable bonds is 7. The molecule has 0 amide bonds. The van der Waals surface area contributed by atoms with Crippen molar-refractivity contribution in [3.05, 3.63) is 35.9 Å². The molecule has 0 aliphatic carbocycles. The molecule has 2 rings (SSSR count). The lowest BCUT2D eigenvalue weighted by atomic mass is 9.82. The van der Waals surface area contributed by atoms with Crippen LogP contribution in [0, 0.1) is 11.8 Å². The van der Waals surface area contributed by atoms with E-state index in [1.165, 1.54) is 5.56 Å². The largest absolute Gasteiger partial charge is 0.466 e. The molecule has 4 heteroatoms. The van der Waals surface area contributed by atoms with Crippen molar-refractivity contribution in [1.29, 1.82) is 0 Å². The van der Waals surface area contributed by atoms with Gasteiger partial charge in [0.1, 0.15) is 0 Å². The molecule has 1 aliphatic rings. The second-order valence-electron chi connectivity index (χ2n) is 5.94. The van der Waals surface area contributed by atoms with E-state index in [1.807, 2.05) is 6.92 Å². The molecule has 1 aliphatic heterocycles. The predicted octanol–water partition coefficient (Wildman–Crippen LogP) is 3.86. The smallest absolute Gasteiger partial charge is 0.309 e. The van der Waals surface area contributed by atoms with Crippen molar-refractivity contribution in [2.45, 2.75) is 32.7 Å². The number of hydrogen-bond donors (Lipinski definition) is 0. The summed E-state index contributed by atoms with van der Waals surface area (Å²) in [6.07, 6.45) is 3.05. The molecule has 122 valence electrons. The Hall–Kier alpha value is -0.870. The standard InChI is InChI=1S/C18H26BrNO2/c1-2-22-18(21)17(8-11-19)16-9-12-20(13-10-16)14-15-6-4-3-5-7-15/h3-7,16-17H,2,8-14H2,1H3. The SMILES string of the molecule is CCOC(=O)C(CCBr)C1CCN(Cc2ccccc2)CC1. The van der Waals surface area contributed by atoms with Crippen molar-refractivity contribution in [1.82, 2.24) is 4.90 Å². The zero-order valence-electron chi connectivity index (χ0n) is 13.3. The van der Waals surface area contributed by atoms with Crippen LogP contribution in [-0.4, -0.2) is 35.9 Å². The Morgan fingerprint density at radius 1 is 1.32 bits per heavy atom. The minimum Gasteiger partial charge on any atom is -0.466 e. The fourth-order valence-electron chi connectivity index (χ4n) is 3.27. The quantitative estimate of drug-likeness (QED) is 0.541. The Labute approximate surface area is 142 Å². The third-order valence-corrected chi connectivity index (χ3v) is 4.92. The highest BCUT2D eigenvalue weighted by Crippen LogP contribution is 2.29. The van der Waals surface area contributed by atoms with E-state index in [-0.39, 0.29) is 11.9 Å². The normalized spacial score (nSPS) is 18.1. The minimum absolute atomic E-state index is 0.0107. The molecule has 0 saturated carbocycles. The minimum atomic E-state index is -0.0107. The molecule has 1 atom stereocenters. The van der Waals surface area contributed by atoms with Crippen molar-refractivity contribution in [3.8, 4) is 0 Å². The topological polar surface area (TPSA) is 29.5 Å². The van der Waals surface area contributed by atoms with Gasteiger partial charge in [0.2, 0.25) is 0 Å². The molecule has 3 nitrogen and oxygen atoms in total. The zero-order chi connectivity index (χ0) is 15.8. The fraction of sp³-hybridized carbons (Fsp3) is 0.611. The number of alkyl halides is 1. The van der Waals surface area contributed by atoms with Crippen LogP contribution in [0.5, 0.6) is 0 Å². The fourth-order valence-corrected chi connectivity index (χ4v) is 3.76. The average Bonchev–Trinajstić information content (AvgIpc) is 2.55. The summed E-state index contributed by atoms with van der Waals surface area (Å²) in [4.78, 5) is 14.6. The van der Waals surface area contributed by atoms with Crippen LogP contribution in [0.15, 0.2) is 30.3 Å². The maximum absolute atomic E-state index is 12.1. The van der Waals surface area contributed by atoms with Gasteiger partial charge < -0.3 is 4.74 Å². The summed E-state index contributed by atoms with van der Waals surface area (Å²) in [6.45, 7) is 5.50. The van der Waals surface area contributed by atoms with Crippen LogP contribution in [0.3, 0.4) is 0 Å². The maximum Gasteiger partial charge on any atom is 0.309 e. The Kier molecular flexibility index (Phi) is 7.40. The van der Waals surface area contributed by atoms with E-state index in [4.69, 9.17) is 4.74 Å². The van der Waals surface area contributed by atoms with Crippen molar-refractivity contribution < 1.29 is 9.53 Å². The number of hydrogen-bond acceptors (Lipinski definition) is 3. The van der Waals surface area contributed by atoms with Crippen LogP contribution < -0.4 is 0 Å². The molecule has 1 aromatic carbocycles. The van der Waals surface area contributed by atoms with E-state index in [9.17, 15) is 4.79 Å². The van der Waals surface area contributed by atoms with E-state index in [2.05, 4.69) is 51.2 Å². The first-order chi connectivity index (χ1) is 10.7. The first-order valence-electron chi connectivity index (χ1n) is 8.23. The number of piperidine rings is 1. The molecule has 0 spiro atoms. The van der Waals surface area contributed by atoms with Crippen LogP contribution in [0.2, 0.25) is 0 Å². The summed E-state index contributed by atoms with van der Waals surface area (Å²) < 4.78 is 5.26. The first kappa shape index (κ1) is 17.5. The number of likely N-dealkylation sites (tertiary alicyclic amines) is 1. The number of carbonyl (C=O) groups is 1. The van der Waals surface area contributed by atoms with Gasteiger partial charge in [-0.15, -0.1) is 0 Å². The lowest BCUT2D eigenvalue weighted by Gasteiger charge is -2.35. The molecule has 0 radical (unpaired) electrons. The molecular weight excluding hydrogens is 342 g/mol. The molecule has 0 N–H and O–H groups in total. The number of halogens is 1. The molecule has 1 heterocycles. The highest BCUT2D eigenvalue weighted by molar-refractivity contribution is 9.09. The first-order valence-corrected chi connectivity index (χ1v) is 9.35. The van der Waals surface area contributed by atoms with Crippen molar-refractivity contribution in [2.24, 2.45) is 11.8 Å². The van der Waals surface area contributed by atoms with E-state index >= 15 is 0 Å². The van der Waals surface area contributed by atoms with Crippen molar-refractivity contribution in [3.63, 3.8) is 0 Å². The molecule has 1 saturated heterocycles. The third kappa shape index (κ3) is 5.10. The van der Waals surface area contributed by atoms with Crippen LogP contribution in [0.25, 0.3) is 0 Å². The Bertz CT molecular complexity index is 444. The summed E-state index contributed by atoms with van der Waals surface area (Å²) in [7, 11) is 0. The van der Waals surface area contributed by atoms with E-state index in [1.54, 1.807) is 0 Å². The Morgan fingerprint density at radius 3 is 2.59 bits per heavy atom. The summed E-state index contributed by atoms with van der Waals surface area (Å²) in [6, 6.07) is 10.6. The maximum atomic E-state index is 12.1. The second kappa shape index (κ2) is 9.31. The Balaban J connectivity index is 1.85. The molecule has 22 heavy (non-hydrogen) atoms. The predicted molar refractivity (Wildman–Crippen MR) is 93.0 cm³/mol. The van der Waals surface area contributed by atoms with Gasteiger partial charge in [-0.05, 0) is 50.8 Å². The molecular formula is C18H26BrNO2. The summed E-state index contributed by atoms with van der Waals surface area (Å²) in [5.74, 6) is 0.505. The monoisotopic (exact) mass is 367 g/mol. The summed E-state index contributed by atoms with van der Waals surface area (Å²) in [5, 5.41) is 0.862. The highest BCUT2D eigenvalue weighted by Gasteiger charge is 2.31. The van der Waals surface area contributed by atoms with Gasteiger partial charge in [0.05, 0.1) is 12.5 Å². The lowest BCUT2D eigenvalue weighted by molar-refractivity contribution is -0.150. The zero-order valence-corrected chi connectivity index (χ0v) is 14.9. The second-order valence-corrected chi connectivity index (χ2v) is 6.73. The third-order valence-electron chi connectivity index (χ3n) is 4.46. The number of benzene rings is 1. The van der Waals surface area contributed by atoms with Gasteiger partial charge in [0.15, 0.2) is 0 Å². The summed E-state index contributed by atoms with van der Waals surface area (Å²) >= 11 is 3.47. The van der Waals surface area contributed by atoms with Crippen molar-refractivity contribution >= 4 is 21.9 Å². The average molecular weight is 368 g/mol. The lowest BCUT2D eigenvalue weighted by Crippen LogP contribution is -2.38.